The monoisotopic (exact) mass is 257 g/mol. The van der Waals surface area contributed by atoms with Crippen LogP contribution in [0.15, 0.2) is 47.5 Å². The smallest absolute Gasteiger partial charge is 0.223 e. The van der Waals surface area contributed by atoms with Crippen LogP contribution >= 0.6 is 0 Å². The van der Waals surface area contributed by atoms with E-state index in [1.165, 1.54) is 23.4 Å². The van der Waals surface area contributed by atoms with Crippen LogP contribution in [0.1, 0.15) is 24.0 Å². The molecule has 0 bridgehead atoms. The van der Waals surface area contributed by atoms with E-state index >= 15 is 0 Å². The molecule has 0 radical (unpaired) electrons. The second-order valence-corrected chi connectivity index (χ2v) is 4.87. The third-order valence-corrected chi connectivity index (χ3v) is 3.21. The number of pyridine rings is 1. The van der Waals surface area contributed by atoms with Crippen molar-refractivity contribution in [3.05, 3.63) is 64.1 Å². The van der Waals surface area contributed by atoms with Gasteiger partial charge in [0.15, 0.2) is 5.75 Å². The SMILES string of the molecule is Cc1ccc(CCCCn2ccc(=O)c(O)c2)cc1. The Kier molecular flexibility index (Phi) is 4.39. The molecule has 0 saturated carbocycles. The van der Waals surface area contributed by atoms with Gasteiger partial charge in [-0.1, -0.05) is 29.8 Å². The summed E-state index contributed by atoms with van der Waals surface area (Å²) in [7, 11) is 0. The Bertz CT molecular complexity index is 584. The van der Waals surface area contributed by atoms with Gasteiger partial charge in [0.25, 0.3) is 0 Å². The fourth-order valence-corrected chi connectivity index (χ4v) is 2.03. The van der Waals surface area contributed by atoms with Crippen LogP contribution < -0.4 is 5.43 Å². The van der Waals surface area contributed by atoms with E-state index in [0.717, 1.165) is 25.8 Å². The van der Waals surface area contributed by atoms with Gasteiger partial charge in [-0.05, 0) is 31.7 Å². The van der Waals surface area contributed by atoms with Crippen molar-refractivity contribution in [1.29, 1.82) is 0 Å². The van der Waals surface area contributed by atoms with E-state index in [1.54, 1.807) is 6.20 Å². The van der Waals surface area contributed by atoms with E-state index in [9.17, 15) is 9.90 Å². The van der Waals surface area contributed by atoms with Gasteiger partial charge in [-0.25, -0.2) is 0 Å². The number of nitrogens with zero attached hydrogens (tertiary/aromatic N) is 1. The van der Waals surface area contributed by atoms with Crippen LogP contribution in [0.4, 0.5) is 0 Å². The molecule has 0 aliphatic heterocycles. The van der Waals surface area contributed by atoms with E-state index < -0.39 is 0 Å². The molecule has 3 nitrogen and oxygen atoms in total. The minimum Gasteiger partial charge on any atom is -0.503 e. The van der Waals surface area contributed by atoms with Crippen LogP contribution in [0.2, 0.25) is 0 Å². The minimum absolute atomic E-state index is 0.180. The number of benzene rings is 1. The summed E-state index contributed by atoms with van der Waals surface area (Å²) in [6.07, 6.45) is 6.39. The number of aryl methyl sites for hydroxylation is 3. The number of hydrogen-bond donors (Lipinski definition) is 1. The predicted octanol–water partition coefficient (Wildman–Crippen LogP) is 2.89. The first-order valence-corrected chi connectivity index (χ1v) is 6.60. The average Bonchev–Trinajstić information content (AvgIpc) is 2.41. The van der Waals surface area contributed by atoms with Crippen molar-refractivity contribution in [2.75, 3.05) is 0 Å². The molecule has 0 aliphatic rings. The molecule has 100 valence electrons. The lowest BCUT2D eigenvalue weighted by molar-refractivity contribution is 0.458. The molecular weight excluding hydrogens is 238 g/mol. The highest BCUT2D eigenvalue weighted by Crippen LogP contribution is 2.08. The molecule has 2 rings (SSSR count). The molecule has 0 saturated heterocycles. The summed E-state index contributed by atoms with van der Waals surface area (Å²) in [5, 5.41) is 9.33. The van der Waals surface area contributed by atoms with E-state index in [-0.39, 0.29) is 11.2 Å². The maximum Gasteiger partial charge on any atom is 0.223 e. The molecule has 0 unspecified atom stereocenters. The Morgan fingerprint density at radius 3 is 2.53 bits per heavy atom. The molecule has 0 aliphatic carbocycles. The zero-order chi connectivity index (χ0) is 13.7. The molecule has 1 N–H and O–H groups in total. The van der Waals surface area contributed by atoms with Gasteiger partial charge in [0, 0.05) is 25.0 Å². The lowest BCUT2D eigenvalue weighted by Gasteiger charge is -2.06. The van der Waals surface area contributed by atoms with Crippen molar-refractivity contribution in [1.82, 2.24) is 4.57 Å². The molecule has 0 spiro atoms. The van der Waals surface area contributed by atoms with Crippen molar-refractivity contribution in [2.24, 2.45) is 0 Å². The zero-order valence-corrected chi connectivity index (χ0v) is 11.2. The normalized spacial score (nSPS) is 10.6. The Hall–Kier alpha value is -2.03. The fraction of sp³-hybridized carbons (Fsp3) is 0.312. The van der Waals surface area contributed by atoms with Crippen molar-refractivity contribution in [3.8, 4) is 5.75 Å². The van der Waals surface area contributed by atoms with Crippen LogP contribution in [0, 0.1) is 6.92 Å². The van der Waals surface area contributed by atoms with Crippen LogP contribution in [0.25, 0.3) is 0 Å². The quantitative estimate of drug-likeness (QED) is 0.837. The molecule has 1 heterocycles. The molecule has 1 aromatic heterocycles. The van der Waals surface area contributed by atoms with Gasteiger partial charge in [-0.15, -0.1) is 0 Å². The summed E-state index contributed by atoms with van der Waals surface area (Å²) >= 11 is 0. The Morgan fingerprint density at radius 1 is 1.11 bits per heavy atom. The topological polar surface area (TPSA) is 42.2 Å². The number of rotatable bonds is 5. The van der Waals surface area contributed by atoms with E-state index in [4.69, 9.17) is 0 Å². The Morgan fingerprint density at radius 2 is 1.84 bits per heavy atom. The molecule has 2 aromatic rings. The first-order chi connectivity index (χ1) is 9.15. The van der Waals surface area contributed by atoms with Crippen molar-refractivity contribution in [2.45, 2.75) is 32.7 Å². The molecule has 0 atom stereocenters. The second-order valence-electron chi connectivity index (χ2n) is 4.87. The van der Waals surface area contributed by atoms with Crippen molar-refractivity contribution >= 4 is 0 Å². The number of unbranched alkanes of at least 4 members (excludes halogenated alkanes) is 1. The fourth-order valence-electron chi connectivity index (χ4n) is 2.03. The molecule has 0 fully saturated rings. The molecule has 1 aromatic carbocycles. The average molecular weight is 257 g/mol. The number of hydrogen-bond acceptors (Lipinski definition) is 2. The molecule has 3 heteroatoms. The Labute approximate surface area is 113 Å². The van der Waals surface area contributed by atoms with Gasteiger partial charge >= 0.3 is 0 Å². The van der Waals surface area contributed by atoms with Crippen LogP contribution in [-0.2, 0) is 13.0 Å². The second kappa shape index (κ2) is 6.23. The highest BCUT2D eigenvalue weighted by atomic mass is 16.3. The summed E-state index contributed by atoms with van der Waals surface area (Å²) in [5.41, 5.74) is 2.32. The summed E-state index contributed by atoms with van der Waals surface area (Å²) in [6.45, 7) is 2.91. The third-order valence-electron chi connectivity index (χ3n) is 3.21. The lowest BCUT2D eigenvalue weighted by Crippen LogP contribution is -2.05. The molecule has 0 amide bonds. The minimum atomic E-state index is -0.323. The van der Waals surface area contributed by atoms with Crippen molar-refractivity contribution < 1.29 is 5.11 Å². The highest BCUT2D eigenvalue weighted by molar-refractivity contribution is 5.21. The van der Waals surface area contributed by atoms with Gasteiger partial charge in [0.1, 0.15) is 0 Å². The highest BCUT2D eigenvalue weighted by Gasteiger charge is 1.98. The first-order valence-electron chi connectivity index (χ1n) is 6.60. The summed E-state index contributed by atoms with van der Waals surface area (Å²) in [6, 6.07) is 10.0. The Balaban J connectivity index is 1.79. The predicted molar refractivity (Wildman–Crippen MR) is 76.5 cm³/mol. The standard InChI is InChI=1S/C16H19NO2/c1-13-5-7-14(8-6-13)4-2-3-10-17-11-9-15(18)16(19)12-17/h5-9,11-12,19H,2-4,10H2,1H3. The molecular formula is C16H19NO2. The van der Waals surface area contributed by atoms with Crippen LogP contribution in [0.5, 0.6) is 5.75 Å². The van der Waals surface area contributed by atoms with Gasteiger partial charge in [-0.3, -0.25) is 4.79 Å². The number of aromatic hydroxyl groups is 1. The van der Waals surface area contributed by atoms with Crippen LogP contribution in [-0.4, -0.2) is 9.67 Å². The van der Waals surface area contributed by atoms with Gasteiger partial charge in [0.05, 0.1) is 0 Å². The summed E-state index contributed by atoms with van der Waals surface area (Å²) in [5.74, 6) is -0.180. The maximum atomic E-state index is 11.1. The maximum absolute atomic E-state index is 11.1. The van der Waals surface area contributed by atoms with E-state index in [1.807, 2.05) is 4.57 Å². The van der Waals surface area contributed by atoms with Gasteiger partial charge < -0.3 is 9.67 Å². The van der Waals surface area contributed by atoms with Crippen LogP contribution in [0.3, 0.4) is 0 Å². The third kappa shape index (κ3) is 3.98. The lowest BCUT2D eigenvalue weighted by atomic mass is 10.1. The number of aromatic nitrogens is 1. The van der Waals surface area contributed by atoms with E-state index in [0.29, 0.717) is 0 Å². The largest absolute Gasteiger partial charge is 0.503 e. The van der Waals surface area contributed by atoms with Gasteiger partial charge in [-0.2, -0.15) is 0 Å². The first kappa shape index (κ1) is 13.4. The van der Waals surface area contributed by atoms with E-state index in [2.05, 4.69) is 31.2 Å². The summed E-state index contributed by atoms with van der Waals surface area (Å²) < 4.78 is 1.85. The van der Waals surface area contributed by atoms with Crippen molar-refractivity contribution in [3.63, 3.8) is 0 Å². The zero-order valence-electron chi connectivity index (χ0n) is 11.2. The molecule has 19 heavy (non-hydrogen) atoms. The summed E-state index contributed by atoms with van der Waals surface area (Å²) in [4.78, 5) is 11.1. The van der Waals surface area contributed by atoms with Gasteiger partial charge in [0.2, 0.25) is 5.43 Å².